The molecule has 0 spiro atoms. The van der Waals surface area contributed by atoms with E-state index in [1.807, 2.05) is 30.3 Å². The topological polar surface area (TPSA) is 55.8 Å². The Morgan fingerprint density at radius 2 is 1.81 bits per heavy atom. The lowest BCUT2D eigenvalue weighted by Gasteiger charge is -2.11. The monoisotopic (exact) mass is 350 g/mol. The summed E-state index contributed by atoms with van der Waals surface area (Å²) in [5.41, 5.74) is 0.660. The lowest BCUT2D eigenvalue weighted by Crippen LogP contribution is -2.11. The van der Waals surface area contributed by atoms with E-state index < -0.39 is 5.97 Å². The maximum absolute atomic E-state index is 10.8. The van der Waals surface area contributed by atoms with Crippen molar-refractivity contribution in [2.24, 2.45) is 0 Å². The molecule has 0 aliphatic rings. The molecule has 0 aromatic heterocycles. The molecule has 1 N–H and O–H groups in total. The summed E-state index contributed by atoms with van der Waals surface area (Å²) in [5.74, 6) is 0.459. The molecule has 2 aromatic rings. The van der Waals surface area contributed by atoms with Crippen LogP contribution in [0.4, 0.5) is 0 Å². The van der Waals surface area contributed by atoms with E-state index in [9.17, 15) is 4.79 Å². The largest absolute Gasteiger partial charge is 0.490 e. The van der Waals surface area contributed by atoms with Gasteiger partial charge in [-0.2, -0.15) is 0 Å². The third-order valence-electron chi connectivity index (χ3n) is 2.72. The van der Waals surface area contributed by atoms with E-state index in [4.69, 9.17) is 14.6 Å². The van der Waals surface area contributed by atoms with Gasteiger partial charge in [0.05, 0.1) is 6.42 Å². The SMILES string of the molecule is O=C(O)Cc1ccccc1OCCOc1cccc(Br)c1. The van der Waals surface area contributed by atoms with Crippen LogP contribution in [0.2, 0.25) is 0 Å². The maximum atomic E-state index is 10.8. The van der Waals surface area contributed by atoms with Crippen molar-refractivity contribution in [2.45, 2.75) is 6.42 Å². The zero-order valence-electron chi connectivity index (χ0n) is 11.3. The number of hydrogen-bond donors (Lipinski definition) is 1. The molecule has 0 heterocycles. The first-order chi connectivity index (χ1) is 10.1. The van der Waals surface area contributed by atoms with E-state index in [1.54, 1.807) is 18.2 Å². The van der Waals surface area contributed by atoms with Gasteiger partial charge in [0.25, 0.3) is 0 Å². The van der Waals surface area contributed by atoms with Crippen LogP contribution < -0.4 is 9.47 Å². The molecular formula is C16H15BrO4. The molecule has 0 radical (unpaired) electrons. The molecule has 4 nitrogen and oxygen atoms in total. The molecule has 110 valence electrons. The fourth-order valence-electron chi connectivity index (χ4n) is 1.82. The highest BCUT2D eigenvalue weighted by Crippen LogP contribution is 2.19. The summed E-state index contributed by atoms with van der Waals surface area (Å²) in [4.78, 5) is 10.8. The van der Waals surface area contributed by atoms with Crippen molar-refractivity contribution < 1.29 is 19.4 Å². The lowest BCUT2D eigenvalue weighted by molar-refractivity contribution is -0.136. The molecule has 2 rings (SSSR count). The van der Waals surface area contributed by atoms with E-state index in [1.165, 1.54) is 0 Å². The van der Waals surface area contributed by atoms with E-state index >= 15 is 0 Å². The fourth-order valence-corrected chi connectivity index (χ4v) is 2.20. The van der Waals surface area contributed by atoms with Crippen molar-refractivity contribution in [3.05, 3.63) is 58.6 Å². The second-order valence-corrected chi connectivity index (χ2v) is 5.25. The molecule has 0 saturated carbocycles. The van der Waals surface area contributed by atoms with Gasteiger partial charge < -0.3 is 14.6 Å². The van der Waals surface area contributed by atoms with Gasteiger partial charge in [-0.25, -0.2) is 0 Å². The number of para-hydroxylation sites is 1. The van der Waals surface area contributed by atoms with Crippen molar-refractivity contribution in [1.82, 2.24) is 0 Å². The summed E-state index contributed by atoms with van der Waals surface area (Å²) < 4.78 is 12.1. The average molecular weight is 351 g/mol. The number of aliphatic carboxylic acids is 1. The highest BCUT2D eigenvalue weighted by atomic mass is 79.9. The lowest BCUT2D eigenvalue weighted by atomic mass is 10.1. The van der Waals surface area contributed by atoms with E-state index in [-0.39, 0.29) is 6.42 Å². The number of benzene rings is 2. The van der Waals surface area contributed by atoms with E-state index in [0.29, 0.717) is 24.5 Å². The third-order valence-corrected chi connectivity index (χ3v) is 3.21. The number of carboxylic acids is 1. The summed E-state index contributed by atoms with van der Waals surface area (Å²) in [6.45, 7) is 0.737. The maximum Gasteiger partial charge on any atom is 0.307 e. The Hall–Kier alpha value is -2.01. The van der Waals surface area contributed by atoms with Gasteiger partial charge in [-0.3, -0.25) is 4.79 Å². The molecule has 0 fully saturated rings. The Morgan fingerprint density at radius 1 is 1.05 bits per heavy atom. The third kappa shape index (κ3) is 5.11. The number of hydrogen-bond acceptors (Lipinski definition) is 3. The second kappa shape index (κ2) is 7.69. The Balaban J connectivity index is 1.85. The van der Waals surface area contributed by atoms with Crippen LogP contribution in [0, 0.1) is 0 Å². The number of ether oxygens (including phenoxy) is 2. The molecule has 0 atom stereocenters. The second-order valence-electron chi connectivity index (χ2n) is 4.33. The Morgan fingerprint density at radius 3 is 2.57 bits per heavy atom. The number of rotatable bonds is 7. The van der Waals surface area contributed by atoms with Crippen molar-refractivity contribution in [3.8, 4) is 11.5 Å². The molecule has 0 amide bonds. The molecule has 2 aromatic carbocycles. The minimum atomic E-state index is -0.878. The molecule has 0 saturated heterocycles. The predicted molar refractivity (Wildman–Crippen MR) is 82.9 cm³/mol. The van der Waals surface area contributed by atoms with Gasteiger partial charge in [-0.15, -0.1) is 0 Å². The summed E-state index contributed by atoms with van der Waals surface area (Å²) >= 11 is 3.37. The van der Waals surface area contributed by atoms with Gasteiger partial charge in [0.1, 0.15) is 24.7 Å². The Kier molecular flexibility index (Phi) is 5.63. The summed E-state index contributed by atoms with van der Waals surface area (Å²) in [6, 6.07) is 14.7. The average Bonchev–Trinajstić information content (AvgIpc) is 2.45. The molecule has 5 heteroatoms. The molecule has 21 heavy (non-hydrogen) atoms. The van der Waals surface area contributed by atoms with Gasteiger partial charge in [-0.05, 0) is 24.3 Å². The van der Waals surface area contributed by atoms with Crippen LogP contribution in [-0.4, -0.2) is 24.3 Å². The molecule has 0 bridgehead atoms. The van der Waals surface area contributed by atoms with Crippen molar-refractivity contribution in [3.63, 3.8) is 0 Å². The van der Waals surface area contributed by atoms with Crippen molar-refractivity contribution in [2.75, 3.05) is 13.2 Å². The van der Waals surface area contributed by atoms with Gasteiger partial charge in [-0.1, -0.05) is 40.2 Å². The zero-order chi connectivity index (χ0) is 15.1. The van der Waals surface area contributed by atoms with Crippen LogP contribution in [0.1, 0.15) is 5.56 Å². The number of halogens is 1. The van der Waals surface area contributed by atoms with Crippen LogP contribution in [0.3, 0.4) is 0 Å². The van der Waals surface area contributed by atoms with Gasteiger partial charge in [0, 0.05) is 10.0 Å². The standard InChI is InChI=1S/C16H15BrO4/c17-13-5-3-6-14(11-13)20-8-9-21-15-7-2-1-4-12(15)10-16(18)19/h1-7,11H,8-10H2,(H,18,19). The zero-order valence-corrected chi connectivity index (χ0v) is 12.9. The summed E-state index contributed by atoms with van der Waals surface area (Å²) in [5, 5.41) is 8.85. The highest BCUT2D eigenvalue weighted by molar-refractivity contribution is 9.10. The molecular weight excluding hydrogens is 336 g/mol. The highest BCUT2D eigenvalue weighted by Gasteiger charge is 2.07. The molecule has 0 aliphatic heterocycles. The number of carbonyl (C=O) groups is 1. The van der Waals surface area contributed by atoms with Crippen LogP contribution in [-0.2, 0) is 11.2 Å². The first kappa shape index (κ1) is 15.4. The van der Waals surface area contributed by atoms with Gasteiger partial charge in [0.15, 0.2) is 0 Å². The molecule has 0 aliphatic carbocycles. The Bertz CT molecular complexity index is 613. The quantitative estimate of drug-likeness (QED) is 0.776. The van der Waals surface area contributed by atoms with E-state index in [2.05, 4.69) is 15.9 Å². The normalized spacial score (nSPS) is 10.1. The predicted octanol–water partition coefficient (Wildman–Crippen LogP) is 3.53. The minimum Gasteiger partial charge on any atom is -0.490 e. The van der Waals surface area contributed by atoms with Gasteiger partial charge >= 0.3 is 5.97 Å². The first-order valence-corrected chi connectivity index (χ1v) is 7.25. The van der Waals surface area contributed by atoms with Crippen molar-refractivity contribution >= 4 is 21.9 Å². The van der Waals surface area contributed by atoms with Crippen LogP contribution in [0.25, 0.3) is 0 Å². The summed E-state index contributed by atoms with van der Waals surface area (Å²) in [7, 11) is 0. The van der Waals surface area contributed by atoms with Crippen LogP contribution >= 0.6 is 15.9 Å². The minimum absolute atomic E-state index is 0.0529. The van der Waals surface area contributed by atoms with Crippen LogP contribution in [0.15, 0.2) is 53.0 Å². The van der Waals surface area contributed by atoms with Crippen LogP contribution in [0.5, 0.6) is 11.5 Å². The Labute approximate surface area is 131 Å². The van der Waals surface area contributed by atoms with Gasteiger partial charge in [0.2, 0.25) is 0 Å². The fraction of sp³-hybridized carbons (Fsp3) is 0.188. The van der Waals surface area contributed by atoms with Crippen molar-refractivity contribution in [1.29, 1.82) is 0 Å². The van der Waals surface area contributed by atoms with E-state index in [0.717, 1.165) is 10.2 Å². The molecule has 0 unspecified atom stereocenters. The smallest absolute Gasteiger partial charge is 0.307 e. The first-order valence-electron chi connectivity index (χ1n) is 6.46. The summed E-state index contributed by atoms with van der Waals surface area (Å²) in [6.07, 6.45) is -0.0529. The number of carboxylic acid groups (broad SMARTS) is 1.